The van der Waals surface area contributed by atoms with Crippen molar-refractivity contribution in [3.8, 4) is 0 Å². The van der Waals surface area contributed by atoms with Crippen LogP contribution in [0.15, 0.2) is 18.3 Å². The molecule has 4 saturated carbocycles. The predicted molar refractivity (Wildman–Crippen MR) is 120 cm³/mol. The van der Waals surface area contributed by atoms with E-state index in [1.54, 1.807) is 19.9 Å². The number of hydrogen-bond donors (Lipinski definition) is 8. The second-order valence-corrected chi connectivity index (χ2v) is 12.4. The number of aromatic nitrogens is 1. The largest absolute Gasteiger partial charge is 0.451 e. The Morgan fingerprint density at radius 1 is 1.22 bits per heavy atom. The van der Waals surface area contributed by atoms with E-state index in [1.807, 2.05) is 0 Å². The van der Waals surface area contributed by atoms with Crippen LogP contribution >= 0.6 is 0 Å². The first-order chi connectivity index (χ1) is 16.6. The van der Waals surface area contributed by atoms with Gasteiger partial charge in [-0.05, 0) is 37.8 Å². The molecular formula is C25H35NO10. The van der Waals surface area contributed by atoms with Gasteiger partial charge in [-0.3, -0.25) is 0 Å². The van der Waals surface area contributed by atoms with Gasteiger partial charge in [0.25, 0.3) is 0 Å². The lowest BCUT2D eigenvalue weighted by Gasteiger charge is -2.60. The van der Waals surface area contributed by atoms with Gasteiger partial charge in [0, 0.05) is 30.6 Å². The van der Waals surface area contributed by atoms with Crippen LogP contribution in [0.5, 0.6) is 0 Å². The fourth-order valence-corrected chi connectivity index (χ4v) is 9.64. The van der Waals surface area contributed by atoms with Crippen LogP contribution in [0.1, 0.15) is 57.4 Å². The molecule has 11 heteroatoms. The van der Waals surface area contributed by atoms with Crippen LogP contribution in [-0.2, 0) is 9.47 Å². The summed E-state index contributed by atoms with van der Waals surface area (Å²) in [4.78, 5) is 15.9. The Labute approximate surface area is 207 Å². The summed E-state index contributed by atoms with van der Waals surface area (Å²) in [6.45, 7) is 5.50. The Hall–Kier alpha value is -1.57. The van der Waals surface area contributed by atoms with Crippen LogP contribution in [0.4, 0.5) is 0 Å². The topological polar surface area (TPSA) is 193 Å². The molecule has 6 fully saturated rings. The van der Waals surface area contributed by atoms with Gasteiger partial charge >= 0.3 is 5.97 Å². The molecule has 0 aromatic carbocycles. The van der Waals surface area contributed by atoms with E-state index in [0.29, 0.717) is 0 Å². The normalized spacial score (nSPS) is 58.5. The molecule has 1 aromatic heterocycles. The van der Waals surface area contributed by atoms with Crippen molar-refractivity contribution in [2.24, 2.45) is 22.7 Å². The summed E-state index contributed by atoms with van der Waals surface area (Å²) in [5.41, 5.74) is -15.9. The second kappa shape index (κ2) is 6.35. The third-order valence-electron chi connectivity index (χ3n) is 11.4. The molecule has 1 aromatic rings. The van der Waals surface area contributed by atoms with Gasteiger partial charge in [0.15, 0.2) is 17.5 Å². The van der Waals surface area contributed by atoms with Crippen LogP contribution < -0.4 is 0 Å². The summed E-state index contributed by atoms with van der Waals surface area (Å²) in [6.07, 6.45) is -2.39. The van der Waals surface area contributed by atoms with Crippen molar-refractivity contribution in [2.75, 3.05) is 6.61 Å². The fourth-order valence-electron chi connectivity index (χ4n) is 9.64. The van der Waals surface area contributed by atoms with E-state index >= 15 is 0 Å². The number of aromatic amines is 1. The number of nitrogens with one attached hydrogen (secondary N) is 1. The minimum absolute atomic E-state index is 0.0376. The van der Waals surface area contributed by atoms with Gasteiger partial charge in [-0.1, -0.05) is 20.8 Å². The highest BCUT2D eigenvalue weighted by Crippen LogP contribution is 2.90. The zero-order valence-corrected chi connectivity index (χ0v) is 20.7. The molecule has 11 nitrogen and oxygen atoms in total. The molecule has 6 aliphatic rings. The summed E-state index contributed by atoms with van der Waals surface area (Å²) in [7, 11) is 0. The molecule has 6 bridgehead atoms. The molecular weight excluding hydrogens is 474 g/mol. The molecule has 200 valence electrons. The third-order valence-corrected chi connectivity index (χ3v) is 11.4. The highest BCUT2D eigenvalue weighted by Gasteiger charge is 3.10. The summed E-state index contributed by atoms with van der Waals surface area (Å²) in [6, 6.07) is 3.02. The highest BCUT2D eigenvalue weighted by molar-refractivity contribution is 5.87. The van der Waals surface area contributed by atoms with Crippen molar-refractivity contribution in [3.63, 3.8) is 0 Å². The molecule has 11 atom stereocenters. The van der Waals surface area contributed by atoms with E-state index in [4.69, 9.17) is 9.47 Å². The zero-order valence-electron chi connectivity index (χ0n) is 20.7. The minimum Gasteiger partial charge on any atom is -0.451 e. The highest BCUT2D eigenvalue weighted by atomic mass is 16.7. The summed E-state index contributed by atoms with van der Waals surface area (Å²) in [5, 5.41) is 84.0. The monoisotopic (exact) mass is 509 g/mol. The lowest BCUT2D eigenvalue weighted by Crippen LogP contribution is -2.75. The van der Waals surface area contributed by atoms with Crippen LogP contribution in [0.25, 0.3) is 0 Å². The quantitative estimate of drug-likeness (QED) is 0.228. The lowest BCUT2D eigenvalue weighted by molar-refractivity contribution is -0.391. The number of H-pyrrole nitrogens is 1. The number of aliphatic hydroxyl groups is 7. The van der Waals surface area contributed by atoms with E-state index in [1.165, 1.54) is 26.1 Å². The van der Waals surface area contributed by atoms with Gasteiger partial charge in [0.05, 0.1) is 11.5 Å². The van der Waals surface area contributed by atoms with E-state index < -0.39 is 87.7 Å². The fraction of sp³-hybridized carbons (Fsp3) is 0.800. The van der Waals surface area contributed by atoms with E-state index in [2.05, 4.69) is 4.98 Å². The van der Waals surface area contributed by atoms with Gasteiger partial charge in [-0.25, -0.2) is 4.79 Å². The Kier molecular flexibility index (Phi) is 4.36. The lowest BCUT2D eigenvalue weighted by atomic mass is 9.52. The number of ether oxygens (including phenoxy) is 2. The summed E-state index contributed by atoms with van der Waals surface area (Å²) >= 11 is 0. The van der Waals surface area contributed by atoms with Crippen molar-refractivity contribution in [1.29, 1.82) is 0 Å². The summed E-state index contributed by atoms with van der Waals surface area (Å²) in [5.74, 6) is -4.90. The van der Waals surface area contributed by atoms with Crippen LogP contribution in [-0.4, -0.2) is 99.3 Å². The Bertz CT molecular complexity index is 1140. The molecule has 36 heavy (non-hydrogen) atoms. The number of rotatable bonds is 4. The molecule has 0 radical (unpaired) electrons. The second-order valence-electron chi connectivity index (χ2n) is 12.4. The predicted octanol–water partition coefficient (Wildman–Crippen LogP) is -1.22. The molecule has 2 saturated heterocycles. The molecule has 7 rings (SSSR count). The number of carbonyl (C=O) groups excluding carboxylic acids is 1. The van der Waals surface area contributed by atoms with Crippen molar-refractivity contribution in [2.45, 2.75) is 93.0 Å². The van der Waals surface area contributed by atoms with Gasteiger partial charge in [-0.15, -0.1) is 0 Å². The van der Waals surface area contributed by atoms with Crippen molar-refractivity contribution < 1.29 is 50.0 Å². The first-order valence-corrected chi connectivity index (χ1v) is 12.5. The average Bonchev–Trinajstić information content (AvgIpc) is 3.43. The van der Waals surface area contributed by atoms with E-state index in [-0.39, 0.29) is 18.5 Å². The SMILES string of the molecule is CC(C)C1(O)C(OC(=O)c2ccc[nH]2)C2(O)C3(C)CC4(O)OC5(C(O)C(CO)CCC35O)C2(O)C41C. The maximum atomic E-state index is 13.2. The molecule has 0 amide bonds. The van der Waals surface area contributed by atoms with Crippen molar-refractivity contribution in [3.05, 3.63) is 24.0 Å². The zero-order chi connectivity index (χ0) is 26.5. The van der Waals surface area contributed by atoms with Crippen molar-refractivity contribution >= 4 is 5.97 Å². The molecule has 4 aliphatic carbocycles. The molecule has 2 aliphatic heterocycles. The third kappa shape index (κ3) is 1.80. The smallest absolute Gasteiger partial charge is 0.355 e. The van der Waals surface area contributed by atoms with Crippen LogP contribution in [0, 0.1) is 22.7 Å². The van der Waals surface area contributed by atoms with Gasteiger partial charge in [0.1, 0.15) is 28.1 Å². The molecule has 1 spiro atoms. The van der Waals surface area contributed by atoms with Crippen LogP contribution in [0.2, 0.25) is 0 Å². The van der Waals surface area contributed by atoms with Crippen molar-refractivity contribution in [1.82, 2.24) is 4.98 Å². The number of carbonyl (C=O) groups is 1. The number of aliphatic hydroxyl groups excluding tert-OH is 2. The maximum Gasteiger partial charge on any atom is 0.355 e. The van der Waals surface area contributed by atoms with Gasteiger partial charge in [-0.2, -0.15) is 0 Å². The Balaban J connectivity index is 1.68. The van der Waals surface area contributed by atoms with Gasteiger partial charge in [0.2, 0.25) is 0 Å². The summed E-state index contributed by atoms with van der Waals surface area (Å²) < 4.78 is 12.0. The van der Waals surface area contributed by atoms with Crippen LogP contribution in [0.3, 0.4) is 0 Å². The average molecular weight is 510 g/mol. The molecule has 11 unspecified atom stereocenters. The molecule has 8 N–H and O–H groups in total. The number of hydrogen-bond acceptors (Lipinski definition) is 10. The molecule has 3 heterocycles. The van der Waals surface area contributed by atoms with Gasteiger partial charge < -0.3 is 50.2 Å². The van der Waals surface area contributed by atoms with E-state index in [0.717, 1.165) is 0 Å². The number of esters is 1. The van der Waals surface area contributed by atoms with E-state index in [9.17, 15) is 40.5 Å². The Morgan fingerprint density at radius 2 is 1.89 bits per heavy atom. The standard InChI is InChI=1S/C25H35NO10/c1-12(2)22(32)17(35-16(29)14-6-5-9-26-14)23(33)18(3)11-21(31)19(22,4)25(23,34)24(36-21)15(28)13(10-27)7-8-20(18,24)30/h5-6,9,12-13,15,17,26-28,30-34H,7-8,10-11H2,1-4H3. The maximum absolute atomic E-state index is 13.2. The Morgan fingerprint density at radius 3 is 2.44 bits per heavy atom. The first-order valence-electron chi connectivity index (χ1n) is 12.5. The first kappa shape index (κ1) is 24.7. The minimum atomic E-state index is -2.70.